The van der Waals surface area contributed by atoms with Gasteiger partial charge in [0.25, 0.3) is 0 Å². The van der Waals surface area contributed by atoms with Crippen LogP contribution in [0.3, 0.4) is 0 Å². The van der Waals surface area contributed by atoms with Gasteiger partial charge < -0.3 is 14.2 Å². The third kappa shape index (κ3) is 14.3. The molecule has 0 saturated carbocycles. The van der Waals surface area contributed by atoms with Gasteiger partial charge in [-0.15, -0.1) is 0 Å². The predicted octanol–water partition coefficient (Wildman–Crippen LogP) is 9.34. The molecule has 0 aromatic heterocycles. The first kappa shape index (κ1) is 30.9. The van der Waals surface area contributed by atoms with E-state index in [1.807, 2.05) is 36.4 Å². The zero-order valence-corrected chi connectivity index (χ0v) is 23.6. The second-order valence-electron chi connectivity index (χ2n) is 10.2. The van der Waals surface area contributed by atoms with E-state index in [9.17, 15) is 4.79 Å². The molecule has 0 heterocycles. The Morgan fingerprint density at radius 2 is 1.24 bits per heavy atom. The molecule has 0 aliphatic heterocycles. The SMILES string of the molecule is CCCCCCCCCCOc1ccc(C(=O)Oc2ccc(CCCC(C)OCCCCC)cc2)cc1. The maximum atomic E-state index is 12.5. The summed E-state index contributed by atoms with van der Waals surface area (Å²) in [6.07, 6.45) is 17.3. The van der Waals surface area contributed by atoms with Crippen LogP contribution in [0.4, 0.5) is 0 Å². The van der Waals surface area contributed by atoms with Crippen molar-refractivity contribution < 1.29 is 19.0 Å². The first-order valence-corrected chi connectivity index (χ1v) is 14.8. The highest BCUT2D eigenvalue weighted by molar-refractivity contribution is 5.91. The average Bonchev–Trinajstić information content (AvgIpc) is 2.91. The third-order valence-electron chi connectivity index (χ3n) is 6.72. The highest BCUT2D eigenvalue weighted by Crippen LogP contribution is 2.18. The summed E-state index contributed by atoms with van der Waals surface area (Å²) in [5.74, 6) is 1.01. The number of unbranched alkanes of at least 4 members (excludes halogenated alkanes) is 9. The molecule has 2 aromatic rings. The van der Waals surface area contributed by atoms with Gasteiger partial charge >= 0.3 is 5.97 Å². The molecule has 0 spiro atoms. The van der Waals surface area contributed by atoms with E-state index in [1.165, 1.54) is 63.4 Å². The predicted molar refractivity (Wildman–Crippen MR) is 154 cm³/mol. The number of hydrogen-bond donors (Lipinski definition) is 0. The van der Waals surface area contributed by atoms with Gasteiger partial charge in [-0.05, 0) is 81.0 Å². The van der Waals surface area contributed by atoms with Crippen molar-refractivity contribution in [2.75, 3.05) is 13.2 Å². The van der Waals surface area contributed by atoms with Crippen LogP contribution in [0, 0.1) is 0 Å². The number of esters is 1. The fourth-order valence-corrected chi connectivity index (χ4v) is 4.32. The van der Waals surface area contributed by atoms with Crippen LogP contribution in [0.2, 0.25) is 0 Å². The number of aryl methyl sites for hydroxylation is 1. The summed E-state index contributed by atoms with van der Waals surface area (Å²) in [5, 5.41) is 0. The van der Waals surface area contributed by atoms with Gasteiger partial charge in [-0.1, -0.05) is 83.8 Å². The highest BCUT2D eigenvalue weighted by atomic mass is 16.5. The summed E-state index contributed by atoms with van der Waals surface area (Å²) in [5.41, 5.74) is 1.77. The number of carbonyl (C=O) groups excluding carboxylic acids is 1. The summed E-state index contributed by atoms with van der Waals surface area (Å²) in [6, 6.07) is 15.1. The van der Waals surface area contributed by atoms with Gasteiger partial charge in [0, 0.05) is 6.61 Å². The van der Waals surface area contributed by atoms with Gasteiger partial charge in [0.2, 0.25) is 0 Å². The van der Waals surface area contributed by atoms with E-state index in [1.54, 1.807) is 12.1 Å². The lowest BCUT2D eigenvalue weighted by Gasteiger charge is -2.13. The molecule has 37 heavy (non-hydrogen) atoms. The Labute approximate surface area is 226 Å². The van der Waals surface area contributed by atoms with Crippen LogP contribution in [0.15, 0.2) is 48.5 Å². The summed E-state index contributed by atoms with van der Waals surface area (Å²) in [4.78, 5) is 12.5. The average molecular weight is 511 g/mol. The minimum Gasteiger partial charge on any atom is -0.494 e. The summed E-state index contributed by atoms with van der Waals surface area (Å²) >= 11 is 0. The molecule has 0 aliphatic rings. The highest BCUT2D eigenvalue weighted by Gasteiger charge is 2.09. The van der Waals surface area contributed by atoms with E-state index in [0.29, 0.717) is 17.4 Å². The maximum Gasteiger partial charge on any atom is 0.343 e. The molecule has 0 fully saturated rings. The zero-order chi connectivity index (χ0) is 26.6. The molecular weight excluding hydrogens is 460 g/mol. The first-order valence-electron chi connectivity index (χ1n) is 14.8. The van der Waals surface area contributed by atoms with Crippen LogP contribution in [0.1, 0.15) is 120 Å². The molecular formula is C33H50O4. The molecule has 0 amide bonds. The van der Waals surface area contributed by atoms with Crippen LogP contribution in [0.5, 0.6) is 11.5 Å². The lowest BCUT2D eigenvalue weighted by atomic mass is 10.1. The lowest BCUT2D eigenvalue weighted by molar-refractivity contribution is 0.0564. The van der Waals surface area contributed by atoms with Crippen LogP contribution in [0.25, 0.3) is 0 Å². The van der Waals surface area contributed by atoms with E-state index in [2.05, 4.69) is 20.8 Å². The molecule has 0 radical (unpaired) electrons. The van der Waals surface area contributed by atoms with Crippen molar-refractivity contribution in [3.05, 3.63) is 59.7 Å². The monoisotopic (exact) mass is 510 g/mol. The Bertz CT molecular complexity index is 828. The second-order valence-corrected chi connectivity index (χ2v) is 10.2. The Morgan fingerprint density at radius 1 is 0.676 bits per heavy atom. The third-order valence-corrected chi connectivity index (χ3v) is 6.72. The van der Waals surface area contributed by atoms with E-state index in [0.717, 1.165) is 51.1 Å². The minimum atomic E-state index is -0.351. The Morgan fingerprint density at radius 3 is 1.92 bits per heavy atom. The van der Waals surface area contributed by atoms with E-state index >= 15 is 0 Å². The molecule has 1 atom stereocenters. The van der Waals surface area contributed by atoms with Crippen molar-refractivity contribution in [1.29, 1.82) is 0 Å². The summed E-state index contributed by atoms with van der Waals surface area (Å²) in [6.45, 7) is 8.20. The van der Waals surface area contributed by atoms with Crippen molar-refractivity contribution in [3.63, 3.8) is 0 Å². The topological polar surface area (TPSA) is 44.8 Å². The number of rotatable bonds is 21. The van der Waals surface area contributed by atoms with Crippen molar-refractivity contribution in [2.24, 2.45) is 0 Å². The quantitative estimate of drug-likeness (QED) is 0.0953. The van der Waals surface area contributed by atoms with Gasteiger partial charge in [-0.2, -0.15) is 0 Å². The van der Waals surface area contributed by atoms with Crippen molar-refractivity contribution >= 4 is 5.97 Å². The van der Waals surface area contributed by atoms with E-state index in [4.69, 9.17) is 14.2 Å². The zero-order valence-electron chi connectivity index (χ0n) is 23.6. The normalized spacial score (nSPS) is 11.9. The molecule has 2 aromatic carbocycles. The molecule has 0 N–H and O–H groups in total. The molecule has 2 rings (SSSR count). The maximum absolute atomic E-state index is 12.5. The number of carbonyl (C=O) groups is 1. The fourth-order valence-electron chi connectivity index (χ4n) is 4.32. The fraction of sp³-hybridized carbons (Fsp3) is 0.606. The second kappa shape index (κ2) is 19.7. The van der Waals surface area contributed by atoms with Gasteiger partial charge in [-0.25, -0.2) is 4.79 Å². The summed E-state index contributed by atoms with van der Waals surface area (Å²) in [7, 11) is 0. The number of hydrogen-bond acceptors (Lipinski definition) is 4. The number of ether oxygens (including phenoxy) is 3. The lowest BCUT2D eigenvalue weighted by Crippen LogP contribution is -2.09. The van der Waals surface area contributed by atoms with Gasteiger partial charge in [0.1, 0.15) is 11.5 Å². The number of benzene rings is 2. The Balaban J connectivity index is 1.62. The molecule has 0 aliphatic carbocycles. The van der Waals surface area contributed by atoms with Crippen molar-refractivity contribution in [3.8, 4) is 11.5 Å². The molecule has 4 nitrogen and oxygen atoms in total. The minimum absolute atomic E-state index is 0.305. The summed E-state index contributed by atoms with van der Waals surface area (Å²) < 4.78 is 17.3. The van der Waals surface area contributed by atoms with E-state index < -0.39 is 0 Å². The Kier molecular flexibility index (Phi) is 16.5. The van der Waals surface area contributed by atoms with Crippen LogP contribution >= 0.6 is 0 Å². The van der Waals surface area contributed by atoms with Crippen LogP contribution in [-0.2, 0) is 11.2 Å². The van der Waals surface area contributed by atoms with E-state index in [-0.39, 0.29) is 5.97 Å². The molecule has 206 valence electrons. The van der Waals surface area contributed by atoms with Gasteiger partial charge in [0.15, 0.2) is 0 Å². The standard InChI is InChI=1S/C33H50O4/c1-4-6-8-9-10-11-12-14-27-36-31-24-20-30(21-25-31)33(34)37-32-22-18-29(19-23-32)17-15-16-28(3)35-26-13-7-5-2/h18-25,28H,4-17,26-27H2,1-3H3. The van der Waals surface area contributed by atoms with Crippen LogP contribution in [-0.4, -0.2) is 25.3 Å². The molecule has 4 heteroatoms. The van der Waals surface area contributed by atoms with Gasteiger partial charge in [0.05, 0.1) is 18.3 Å². The van der Waals surface area contributed by atoms with Crippen molar-refractivity contribution in [2.45, 2.75) is 117 Å². The Hall–Kier alpha value is -2.33. The van der Waals surface area contributed by atoms with Gasteiger partial charge in [-0.3, -0.25) is 0 Å². The smallest absolute Gasteiger partial charge is 0.343 e. The molecule has 1 unspecified atom stereocenters. The molecule has 0 saturated heterocycles. The van der Waals surface area contributed by atoms with Crippen LogP contribution < -0.4 is 9.47 Å². The first-order chi connectivity index (χ1) is 18.1. The molecule has 0 bridgehead atoms. The largest absolute Gasteiger partial charge is 0.494 e. The van der Waals surface area contributed by atoms with Crippen molar-refractivity contribution in [1.82, 2.24) is 0 Å².